The Morgan fingerprint density at radius 2 is 1.83 bits per heavy atom. The molecule has 2 aliphatic rings. The van der Waals surface area contributed by atoms with Crippen LogP contribution in [0, 0.1) is 5.92 Å². The van der Waals surface area contributed by atoms with Gasteiger partial charge in [-0.2, -0.15) is 0 Å². The monoisotopic (exact) mass is 423 g/mol. The summed E-state index contributed by atoms with van der Waals surface area (Å²) >= 11 is 0. The van der Waals surface area contributed by atoms with Crippen LogP contribution in [0.15, 0.2) is 4.99 Å². The summed E-state index contributed by atoms with van der Waals surface area (Å²) in [6.45, 7) is 0.995. The number of aldehydes is 1. The van der Waals surface area contributed by atoms with Crippen molar-refractivity contribution in [2.75, 3.05) is 13.1 Å². The van der Waals surface area contributed by atoms with Gasteiger partial charge in [-0.25, -0.2) is 0 Å². The van der Waals surface area contributed by atoms with E-state index in [1.165, 1.54) is 6.42 Å². The van der Waals surface area contributed by atoms with Crippen molar-refractivity contribution < 1.29 is 19.5 Å². The van der Waals surface area contributed by atoms with Gasteiger partial charge < -0.3 is 26.7 Å². The third-order valence-electron chi connectivity index (χ3n) is 6.09. The van der Waals surface area contributed by atoms with Crippen LogP contribution in [0.2, 0.25) is 0 Å². The van der Waals surface area contributed by atoms with E-state index in [0.717, 1.165) is 43.4 Å². The summed E-state index contributed by atoms with van der Waals surface area (Å²) < 4.78 is 0. The number of hydrogen-bond acceptors (Lipinski definition) is 6. The van der Waals surface area contributed by atoms with Gasteiger partial charge in [0.05, 0.1) is 12.1 Å². The number of nitrogens with zero attached hydrogens (tertiary/aromatic N) is 2. The van der Waals surface area contributed by atoms with Gasteiger partial charge in [-0.15, -0.1) is 0 Å². The molecule has 9 heteroatoms. The number of nitrogens with one attached hydrogen (secondary N) is 1. The Kier molecular flexibility index (Phi) is 10.2. The molecular formula is C21H37N5O4. The molecular weight excluding hydrogens is 386 g/mol. The predicted octanol–water partition coefficient (Wildman–Crippen LogP) is 0.436. The lowest BCUT2D eigenvalue weighted by Gasteiger charge is -2.34. The summed E-state index contributed by atoms with van der Waals surface area (Å²) in [6, 6.07) is -1.45. The zero-order valence-electron chi connectivity index (χ0n) is 17.8. The average Bonchev–Trinajstić information content (AvgIpc) is 2.76. The van der Waals surface area contributed by atoms with Crippen LogP contribution in [-0.4, -0.2) is 65.3 Å². The van der Waals surface area contributed by atoms with Gasteiger partial charge in [-0.3, -0.25) is 19.5 Å². The van der Waals surface area contributed by atoms with Crippen LogP contribution in [0.5, 0.6) is 0 Å². The van der Waals surface area contributed by atoms with Crippen molar-refractivity contribution in [3.8, 4) is 0 Å². The molecule has 3 atom stereocenters. The fourth-order valence-corrected chi connectivity index (χ4v) is 4.43. The lowest BCUT2D eigenvalue weighted by Crippen LogP contribution is -2.57. The molecule has 0 unspecified atom stereocenters. The Morgan fingerprint density at radius 3 is 2.43 bits per heavy atom. The molecule has 0 bridgehead atoms. The zero-order valence-corrected chi connectivity index (χ0v) is 17.8. The number of carbonyl (C=O) groups excluding carboxylic acids is 3. The van der Waals surface area contributed by atoms with E-state index in [9.17, 15) is 19.5 Å². The maximum Gasteiger partial charge on any atom is 0.258 e. The fraction of sp³-hybridized carbons (Fsp3) is 0.810. The van der Waals surface area contributed by atoms with E-state index in [1.807, 2.05) is 0 Å². The van der Waals surface area contributed by atoms with Crippen molar-refractivity contribution in [1.82, 2.24) is 10.2 Å². The average molecular weight is 424 g/mol. The highest BCUT2D eigenvalue weighted by molar-refractivity contribution is 6.01. The van der Waals surface area contributed by atoms with Crippen molar-refractivity contribution in [2.24, 2.45) is 22.4 Å². The van der Waals surface area contributed by atoms with Crippen LogP contribution in [0.1, 0.15) is 70.6 Å². The van der Waals surface area contributed by atoms with E-state index in [0.29, 0.717) is 38.6 Å². The lowest BCUT2D eigenvalue weighted by molar-refractivity contribution is -0.157. The largest absolute Gasteiger partial charge is 0.383 e. The zero-order chi connectivity index (χ0) is 21.9. The lowest BCUT2D eigenvalue weighted by atomic mass is 9.85. The molecule has 2 amide bonds. The van der Waals surface area contributed by atoms with Crippen LogP contribution < -0.4 is 16.8 Å². The van der Waals surface area contributed by atoms with E-state index in [1.54, 1.807) is 0 Å². The number of guanidine groups is 1. The number of rotatable bonds is 10. The Bertz CT molecular complexity index is 596. The van der Waals surface area contributed by atoms with Crippen molar-refractivity contribution in [3.05, 3.63) is 0 Å². The highest BCUT2D eigenvalue weighted by Gasteiger charge is 2.38. The van der Waals surface area contributed by atoms with Crippen LogP contribution in [0.4, 0.5) is 0 Å². The van der Waals surface area contributed by atoms with Crippen molar-refractivity contribution in [2.45, 2.75) is 88.8 Å². The summed E-state index contributed by atoms with van der Waals surface area (Å²) in [6.07, 6.45) is 8.17. The van der Waals surface area contributed by atoms with Crippen LogP contribution >= 0.6 is 0 Å². The van der Waals surface area contributed by atoms with Gasteiger partial charge in [0.25, 0.3) is 5.91 Å². The van der Waals surface area contributed by atoms with Gasteiger partial charge in [-0.1, -0.05) is 38.5 Å². The number of amides is 2. The number of carbonyl (C=O) groups is 3. The topological polar surface area (TPSA) is 151 Å². The molecule has 1 saturated heterocycles. The van der Waals surface area contributed by atoms with Crippen LogP contribution in [-0.2, 0) is 14.4 Å². The minimum absolute atomic E-state index is 0.0454. The number of aliphatic hydroxyl groups excluding tert-OH is 1. The van der Waals surface area contributed by atoms with Gasteiger partial charge in [0, 0.05) is 6.54 Å². The molecule has 0 radical (unpaired) electrons. The number of imide groups is 1. The first-order valence-electron chi connectivity index (χ1n) is 11.2. The van der Waals surface area contributed by atoms with Crippen molar-refractivity contribution in [3.63, 3.8) is 0 Å². The molecule has 1 saturated carbocycles. The highest BCUT2D eigenvalue weighted by Crippen LogP contribution is 2.28. The Labute approximate surface area is 178 Å². The summed E-state index contributed by atoms with van der Waals surface area (Å²) in [5, 5.41) is 13.8. The summed E-state index contributed by atoms with van der Waals surface area (Å²) in [5.74, 6) is -0.867. The highest BCUT2D eigenvalue weighted by atomic mass is 16.3. The van der Waals surface area contributed by atoms with Crippen LogP contribution in [0.3, 0.4) is 0 Å². The first-order valence-corrected chi connectivity index (χ1v) is 11.2. The summed E-state index contributed by atoms with van der Waals surface area (Å²) in [7, 11) is 0. The molecule has 0 aromatic heterocycles. The minimum Gasteiger partial charge on any atom is -0.383 e. The third-order valence-corrected chi connectivity index (χ3v) is 6.09. The second kappa shape index (κ2) is 12.6. The molecule has 30 heavy (non-hydrogen) atoms. The summed E-state index contributed by atoms with van der Waals surface area (Å²) in [5.41, 5.74) is 10.6. The smallest absolute Gasteiger partial charge is 0.258 e. The van der Waals surface area contributed by atoms with Gasteiger partial charge in [0.1, 0.15) is 12.4 Å². The van der Waals surface area contributed by atoms with E-state index >= 15 is 0 Å². The third kappa shape index (κ3) is 7.36. The Morgan fingerprint density at radius 1 is 1.13 bits per heavy atom. The molecule has 1 aliphatic heterocycles. The van der Waals surface area contributed by atoms with E-state index in [2.05, 4.69) is 10.3 Å². The minimum atomic E-state index is -1.28. The van der Waals surface area contributed by atoms with Gasteiger partial charge >= 0.3 is 0 Å². The Hall–Kier alpha value is -2.00. The molecule has 170 valence electrons. The Balaban J connectivity index is 2.10. The van der Waals surface area contributed by atoms with E-state index < -0.39 is 30.0 Å². The second-order valence-corrected chi connectivity index (χ2v) is 8.46. The summed E-state index contributed by atoms with van der Waals surface area (Å²) in [4.78, 5) is 43.1. The predicted molar refractivity (Wildman–Crippen MR) is 114 cm³/mol. The quantitative estimate of drug-likeness (QED) is 0.172. The first kappa shape index (κ1) is 24.3. The number of aliphatic imine (C=N–C) groups is 1. The fourth-order valence-electron chi connectivity index (χ4n) is 4.43. The normalized spacial score (nSPS) is 22.0. The van der Waals surface area contributed by atoms with E-state index in [4.69, 9.17) is 11.5 Å². The molecule has 9 nitrogen and oxygen atoms in total. The second-order valence-electron chi connectivity index (χ2n) is 8.46. The van der Waals surface area contributed by atoms with Crippen LogP contribution in [0.25, 0.3) is 0 Å². The maximum atomic E-state index is 13.2. The standard InChI is InChI=1S/C21H37N5O4/c22-21(23)25-12-6-9-16(14-27)26(19(29)17-10-4-5-11-24-17)20(30)18(28)13-15-7-2-1-3-8-15/h14-18,24,28H,1-13H2,(H4,22,23,25)/t16-,17-,18+/m0/s1. The molecule has 2 fully saturated rings. The molecule has 1 aliphatic carbocycles. The van der Waals surface area contributed by atoms with Gasteiger partial charge in [0.15, 0.2) is 5.96 Å². The van der Waals surface area contributed by atoms with E-state index in [-0.39, 0.29) is 18.3 Å². The van der Waals surface area contributed by atoms with Gasteiger partial charge in [0.2, 0.25) is 5.91 Å². The molecule has 6 N–H and O–H groups in total. The number of nitrogens with two attached hydrogens (primary N) is 2. The molecule has 0 aromatic rings. The molecule has 0 aromatic carbocycles. The maximum absolute atomic E-state index is 13.2. The van der Waals surface area contributed by atoms with Crippen molar-refractivity contribution >= 4 is 24.1 Å². The SMILES string of the molecule is NC(N)=NCCC[C@@H](C=O)N(C(=O)[C@H](O)CC1CCCCC1)C(=O)[C@@H]1CCCCN1. The molecule has 2 rings (SSSR count). The first-order chi connectivity index (χ1) is 14.4. The van der Waals surface area contributed by atoms with Gasteiger partial charge in [-0.05, 0) is 44.6 Å². The number of hydrogen-bond donors (Lipinski definition) is 4. The molecule has 1 heterocycles. The number of piperidine rings is 1. The van der Waals surface area contributed by atoms with Crippen molar-refractivity contribution in [1.29, 1.82) is 0 Å². The number of aliphatic hydroxyl groups is 1. The molecule has 0 spiro atoms.